The molecule has 2 atom stereocenters. The Balaban J connectivity index is 1.48. The Morgan fingerprint density at radius 3 is 2.48 bits per heavy atom. The van der Waals surface area contributed by atoms with Gasteiger partial charge in [0.05, 0.1) is 57.7 Å². The van der Waals surface area contributed by atoms with Crippen LogP contribution in [0.5, 0.6) is 0 Å². The number of hydrogen-bond donors (Lipinski definition) is 1. The van der Waals surface area contributed by atoms with Gasteiger partial charge in [0, 0.05) is 18.1 Å². The van der Waals surface area contributed by atoms with E-state index in [1.165, 1.54) is 10.7 Å². The van der Waals surface area contributed by atoms with E-state index in [4.69, 9.17) is 23.4 Å². The van der Waals surface area contributed by atoms with Crippen LogP contribution in [-0.2, 0) is 31.7 Å². The number of aromatic nitrogens is 2. The molecule has 33 heavy (non-hydrogen) atoms. The number of halogens is 3. The standard InChI is InChI=1S/C21H22F3N3O6/c22-21(23,24)17-16-15(33-19(17)20(28)25-7-13-10-29-3-5-31-13)2-1-12-8-27(26-18(12)16)9-14-11-30-4-6-32-14/h1-2,8,13-14H,3-7,9-11H2,(H,25,28)/t13-,14+/m1/s1. The molecule has 0 unspecified atom stereocenters. The van der Waals surface area contributed by atoms with Gasteiger partial charge in [-0.3, -0.25) is 9.48 Å². The molecule has 2 aromatic heterocycles. The van der Waals surface area contributed by atoms with Crippen molar-refractivity contribution in [2.24, 2.45) is 0 Å². The zero-order valence-electron chi connectivity index (χ0n) is 17.5. The first-order valence-electron chi connectivity index (χ1n) is 10.6. The minimum Gasteiger partial charge on any atom is -0.450 e. The molecule has 0 spiro atoms. The van der Waals surface area contributed by atoms with Gasteiger partial charge in [0.1, 0.15) is 22.8 Å². The summed E-state index contributed by atoms with van der Waals surface area (Å²) in [7, 11) is 0. The summed E-state index contributed by atoms with van der Waals surface area (Å²) >= 11 is 0. The van der Waals surface area contributed by atoms with E-state index in [2.05, 4.69) is 10.4 Å². The highest BCUT2D eigenvalue weighted by atomic mass is 19.4. The van der Waals surface area contributed by atoms with Crippen molar-refractivity contribution in [1.82, 2.24) is 15.1 Å². The number of carbonyl (C=O) groups is 1. The number of ether oxygens (including phenoxy) is 4. The van der Waals surface area contributed by atoms with Crippen LogP contribution < -0.4 is 5.32 Å². The lowest BCUT2D eigenvalue weighted by molar-refractivity contribution is -0.137. The lowest BCUT2D eigenvalue weighted by atomic mass is 10.1. The third-order valence-electron chi connectivity index (χ3n) is 5.52. The monoisotopic (exact) mass is 469 g/mol. The largest absolute Gasteiger partial charge is 0.450 e. The van der Waals surface area contributed by atoms with Gasteiger partial charge < -0.3 is 28.7 Å². The van der Waals surface area contributed by atoms with Crippen molar-refractivity contribution < 1.29 is 41.3 Å². The smallest absolute Gasteiger partial charge is 0.421 e. The number of nitrogens with one attached hydrogen (secondary N) is 1. The highest BCUT2D eigenvalue weighted by molar-refractivity contribution is 6.09. The summed E-state index contributed by atoms with van der Waals surface area (Å²) in [5.41, 5.74) is -1.12. The van der Waals surface area contributed by atoms with Crippen molar-refractivity contribution in [3.05, 3.63) is 29.7 Å². The Kier molecular flexibility index (Phi) is 5.99. The van der Waals surface area contributed by atoms with E-state index < -0.39 is 29.5 Å². The number of rotatable bonds is 5. The van der Waals surface area contributed by atoms with Crippen LogP contribution in [0.3, 0.4) is 0 Å². The summed E-state index contributed by atoms with van der Waals surface area (Å²) in [6, 6.07) is 3.02. The topological polar surface area (TPSA) is 97.0 Å². The number of carbonyl (C=O) groups excluding carboxylic acids is 1. The molecule has 0 radical (unpaired) electrons. The summed E-state index contributed by atoms with van der Waals surface area (Å²) in [6.45, 7) is 2.71. The van der Waals surface area contributed by atoms with Gasteiger partial charge in [-0.15, -0.1) is 0 Å². The first-order valence-corrected chi connectivity index (χ1v) is 10.6. The van der Waals surface area contributed by atoms with Crippen LogP contribution in [0.1, 0.15) is 16.1 Å². The zero-order chi connectivity index (χ0) is 23.0. The number of fused-ring (bicyclic) bond motifs is 3. The molecule has 0 saturated carbocycles. The van der Waals surface area contributed by atoms with Gasteiger partial charge in [0.15, 0.2) is 0 Å². The molecule has 3 aromatic rings. The fraction of sp³-hybridized carbons (Fsp3) is 0.524. The van der Waals surface area contributed by atoms with Gasteiger partial charge in [-0.1, -0.05) is 0 Å². The van der Waals surface area contributed by atoms with Crippen molar-refractivity contribution in [3.8, 4) is 0 Å². The number of alkyl halides is 3. The predicted octanol–water partition coefficient (Wildman–Crippen LogP) is 2.36. The number of amides is 1. The summed E-state index contributed by atoms with van der Waals surface area (Å²) in [4.78, 5) is 12.7. The maximum absolute atomic E-state index is 14.1. The molecule has 0 aliphatic carbocycles. The second kappa shape index (κ2) is 8.93. The van der Waals surface area contributed by atoms with E-state index in [-0.39, 0.29) is 35.7 Å². The second-order valence-corrected chi connectivity index (χ2v) is 7.88. The average Bonchev–Trinajstić information content (AvgIpc) is 3.39. The molecule has 1 amide bonds. The molecule has 0 bridgehead atoms. The molecule has 1 N–H and O–H groups in total. The van der Waals surface area contributed by atoms with E-state index in [9.17, 15) is 18.0 Å². The van der Waals surface area contributed by atoms with Crippen LogP contribution in [-0.4, -0.2) is 74.1 Å². The van der Waals surface area contributed by atoms with E-state index >= 15 is 0 Å². The molecule has 178 valence electrons. The summed E-state index contributed by atoms with van der Waals surface area (Å²) < 4.78 is 70.9. The Labute approximate surface area is 185 Å². The third kappa shape index (κ3) is 4.56. The highest BCUT2D eigenvalue weighted by Gasteiger charge is 2.42. The van der Waals surface area contributed by atoms with Crippen molar-refractivity contribution in [1.29, 1.82) is 0 Å². The van der Waals surface area contributed by atoms with Crippen LogP contribution in [0.25, 0.3) is 21.9 Å². The van der Waals surface area contributed by atoms with Crippen LogP contribution in [0, 0.1) is 0 Å². The summed E-state index contributed by atoms with van der Waals surface area (Å²) in [5.74, 6) is -1.78. The van der Waals surface area contributed by atoms with E-state index in [1.54, 1.807) is 12.3 Å². The second-order valence-electron chi connectivity index (χ2n) is 7.88. The summed E-state index contributed by atoms with van der Waals surface area (Å²) in [5, 5.41) is 7.05. The molecule has 5 rings (SSSR count). The molecule has 2 aliphatic rings. The van der Waals surface area contributed by atoms with E-state index in [0.717, 1.165) is 0 Å². The highest BCUT2D eigenvalue weighted by Crippen LogP contribution is 2.42. The fourth-order valence-corrected chi connectivity index (χ4v) is 4.04. The van der Waals surface area contributed by atoms with Crippen molar-refractivity contribution >= 4 is 27.8 Å². The molecular weight excluding hydrogens is 447 g/mol. The molecule has 2 fully saturated rings. The number of benzene rings is 1. The van der Waals surface area contributed by atoms with Crippen LogP contribution in [0.4, 0.5) is 13.2 Å². The van der Waals surface area contributed by atoms with Crippen LogP contribution in [0.15, 0.2) is 22.7 Å². The molecule has 9 nitrogen and oxygen atoms in total. The molecular formula is C21H22F3N3O6. The average molecular weight is 469 g/mol. The van der Waals surface area contributed by atoms with Gasteiger partial charge in [0.25, 0.3) is 5.91 Å². The van der Waals surface area contributed by atoms with Gasteiger partial charge in [-0.25, -0.2) is 0 Å². The lowest BCUT2D eigenvalue weighted by Gasteiger charge is -2.22. The van der Waals surface area contributed by atoms with E-state index in [1.807, 2.05) is 0 Å². The predicted molar refractivity (Wildman–Crippen MR) is 108 cm³/mol. The lowest BCUT2D eigenvalue weighted by Crippen LogP contribution is -2.40. The van der Waals surface area contributed by atoms with Crippen molar-refractivity contribution in [2.45, 2.75) is 24.9 Å². The van der Waals surface area contributed by atoms with Gasteiger partial charge in [-0.05, 0) is 12.1 Å². The summed E-state index contributed by atoms with van der Waals surface area (Å²) in [6.07, 6.45) is -3.88. The molecule has 4 heterocycles. The minimum absolute atomic E-state index is 0.000668. The fourth-order valence-electron chi connectivity index (χ4n) is 4.04. The number of furan rings is 1. The Morgan fingerprint density at radius 2 is 1.82 bits per heavy atom. The van der Waals surface area contributed by atoms with Crippen LogP contribution in [0.2, 0.25) is 0 Å². The molecule has 1 aromatic carbocycles. The molecule has 2 saturated heterocycles. The molecule has 12 heteroatoms. The quantitative estimate of drug-likeness (QED) is 0.613. The Morgan fingerprint density at radius 1 is 1.09 bits per heavy atom. The first-order chi connectivity index (χ1) is 15.9. The van der Waals surface area contributed by atoms with Gasteiger partial charge >= 0.3 is 6.18 Å². The minimum atomic E-state index is -4.83. The number of hydrogen-bond acceptors (Lipinski definition) is 7. The Hall–Kier alpha value is -2.67. The van der Waals surface area contributed by atoms with Crippen molar-refractivity contribution in [2.75, 3.05) is 46.2 Å². The third-order valence-corrected chi connectivity index (χ3v) is 5.52. The van der Waals surface area contributed by atoms with Crippen LogP contribution >= 0.6 is 0 Å². The zero-order valence-corrected chi connectivity index (χ0v) is 17.5. The van der Waals surface area contributed by atoms with Gasteiger partial charge in [-0.2, -0.15) is 18.3 Å². The molecule has 2 aliphatic heterocycles. The van der Waals surface area contributed by atoms with Crippen molar-refractivity contribution in [3.63, 3.8) is 0 Å². The normalized spacial score (nSPS) is 22.2. The first kappa shape index (κ1) is 22.1. The Bertz CT molecular complexity index is 1150. The number of nitrogens with zero attached hydrogens (tertiary/aromatic N) is 2. The van der Waals surface area contributed by atoms with E-state index in [0.29, 0.717) is 45.0 Å². The van der Waals surface area contributed by atoms with Gasteiger partial charge in [0.2, 0.25) is 5.76 Å². The maximum Gasteiger partial charge on any atom is 0.421 e. The maximum atomic E-state index is 14.1. The SMILES string of the molecule is O=C(NC[C@@H]1COCCO1)c1oc2ccc3cn(C[C@H]4COCCO4)nc3c2c1C(F)(F)F.